The van der Waals surface area contributed by atoms with Gasteiger partial charge in [-0.05, 0) is 24.3 Å². The van der Waals surface area contributed by atoms with Crippen LogP contribution in [0.4, 0.5) is 0 Å². The van der Waals surface area contributed by atoms with Crippen LogP contribution in [0.2, 0.25) is 10.0 Å². The van der Waals surface area contributed by atoms with Gasteiger partial charge in [0.1, 0.15) is 11.5 Å². The first-order chi connectivity index (χ1) is 13.0. The number of nitrogens with one attached hydrogen (secondary N) is 1. The average Bonchev–Trinajstić information content (AvgIpc) is 2.66. The molecular formula is C18H18Cl2N2O5. The molecule has 27 heavy (non-hydrogen) atoms. The van der Waals surface area contributed by atoms with Gasteiger partial charge in [-0.2, -0.15) is 5.10 Å². The summed E-state index contributed by atoms with van der Waals surface area (Å²) in [5, 5.41) is 4.69. The molecule has 0 saturated heterocycles. The van der Waals surface area contributed by atoms with E-state index in [9.17, 15) is 4.79 Å². The minimum Gasteiger partial charge on any atom is -0.496 e. The van der Waals surface area contributed by atoms with Crippen molar-refractivity contribution in [3.63, 3.8) is 0 Å². The van der Waals surface area contributed by atoms with Gasteiger partial charge < -0.3 is 18.9 Å². The molecule has 0 fully saturated rings. The van der Waals surface area contributed by atoms with Crippen molar-refractivity contribution in [1.82, 2.24) is 5.43 Å². The molecule has 1 N–H and O–H groups in total. The fourth-order valence-electron chi connectivity index (χ4n) is 2.10. The monoisotopic (exact) mass is 412 g/mol. The maximum atomic E-state index is 11.9. The highest BCUT2D eigenvalue weighted by Crippen LogP contribution is 2.33. The highest BCUT2D eigenvalue weighted by molar-refractivity contribution is 6.35. The van der Waals surface area contributed by atoms with Crippen molar-refractivity contribution >= 4 is 35.3 Å². The highest BCUT2D eigenvalue weighted by Gasteiger charge is 2.11. The third-order valence-electron chi connectivity index (χ3n) is 3.38. The van der Waals surface area contributed by atoms with E-state index in [-0.39, 0.29) is 6.61 Å². The van der Waals surface area contributed by atoms with E-state index < -0.39 is 5.91 Å². The quantitative estimate of drug-likeness (QED) is 0.529. The van der Waals surface area contributed by atoms with E-state index in [1.54, 1.807) is 24.3 Å². The SMILES string of the molecule is COc1cc(OC)c(OC)cc1/C=N\NC(=O)COc1ccc(Cl)cc1Cl. The molecule has 0 bridgehead atoms. The molecule has 0 aromatic heterocycles. The molecule has 7 nitrogen and oxygen atoms in total. The molecule has 0 heterocycles. The van der Waals surface area contributed by atoms with Crippen LogP contribution in [0.15, 0.2) is 35.4 Å². The van der Waals surface area contributed by atoms with E-state index in [1.807, 2.05) is 0 Å². The molecule has 0 unspecified atom stereocenters. The van der Waals surface area contributed by atoms with Crippen molar-refractivity contribution in [2.24, 2.45) is 5.10 Å². The summed E-state index contributed by atoms with van der Waals surface area (Å²) in [5.74, 6) is 1.42. The van der Waals surface area contributed by atoms with Gasteiger partial charge in [-0.25, -0.2) is 5.43 Å². The summed E-state index contributed by atoms with van der Waals surface area (Å²) in [5.41, 5.74) is 2.95. The molecule has 0 aliphatic heterocycles. The van der Waals surface area contributed by atoms with Crippen LogP contribution in [-0.4, -0.2) is 40.1 Å². The molecule has 2 aromatic carbocycles. The third-order valence-corrected chi connectivity index (χ3v) is 3.91. The van der Waals surface area contributed by atoms with Crippen LogP contribution in [0, 0.1) is 0 Å². The first-order valence-electron chi connectivity index (χ1n) is 7.68. The zero-order chi connectivity index (χ0) is 19.8. The summed E-state index contributed by atoms with van der Waals surface area (Å²) < 4.78 is 21.1. The standard InChI is InChI=1S/C18H18Cl2N2O5/c1-24-15-8-17(26-3)16(25-2)6-11(15)9-21-22-18(23)10-27-14-5-4-12(19)7-13(14)20/h4-9H,10H2,1-3H3,(H,22,23)/b21-9-. The molecular weight excluding hydrogens is 395 g/mol. The minimum atomic E-state index is -0.461. The summed E-state index contributed by atoms with van der Waals surface area (Å²) in [6, 6.07) is 8.06. The second kappa shape index (κ2) is 9.89. The van der Waals surface area contributed by atoms with Crippen molar-refractivity contribution in [3.05, 3.63) is 45.9 Å². The number of carbonyl (C=O) groups excluding carboxylic acids is 1. The minimum absolute atomic E-state index is 0.262. The second-order valence-electron chi connectivity index (χ2n) is 5.11. The van der Waals surface area contributed by atoms with E-state index in [0.29, 0.717) is 38.6 Å². The zero-order valence-electron chi connectivity index (χ0n) is 14.9. The zero-order valence-corrected chi connectivity index (χ0v) is 16.4. The average molecular weight is 413 g/mol. The highest BCUT2D eigenvalue weighted by atomic mass is 35.5. The van der Waals surface area contributed by atoms with Gasteiger partial charge in [-0.15, -0.1) is 0 Å². The summed E-state index contributed by atoms with van der Waals surface area (Å²) in [4.78, 5) is 11.9. The van der Waals surface area contributed by atoms with Crippen molar-refractivity contribution in [1.29, 1.82) is 0 Å². The van der Waals surface area contributed by atoms with Gasteiger partial charge in [-0.3, -0.25) is 4.79 Å². The maximum Gasteiger partial charge on any atom is 0.277 e. The van der Waals surface area contributed by atoms with E-state index >= 15 is 0 Å². The van der Waals surface area contributed by atoms with E-state index in [4.69, 9.17) is 42.1 Å². The van der Waals surface area contributed by atoms with Crippen LogP contribution in [0.3, 0.4) is 0 Å². The van der Waals surface area contributed by atoms with Gasteiger partial charge in [0.25, 0.3) is 5.91 Å². The van der Waals surface area contributed by atoms with Crippen molar-refractivity contribution in [2.45, 2.75) is 0 Å². The number of hydrogen-bond donors (Lipinski definition) is 1. The number of rotatable bonds is 8. The number of nitrogens with zero attached hydrogens (tertiary/aromatic N) is 1. The predicted octanol–water partition coefficient (Wildman–Crippen LogP) is 3.55. The molecule has 0 atom stereocenters. The molecule has 0 radical (unpaired) electrons. The van der Waals surface area contributed by atoms with Gasteiger partial charge in [0.05, 0.1) is 32.6 Å². The Morgan fingerprint density at radius 2 is 1.67 bits per heavy atom. The summed E-state index contributed by atoms with van der Waals surface area (Å²) in [6.45, 7) is -0.262. The largest absolute Gasteiger partial charge is 0.496 e. The van der Waals surface area contributed by atoms with Gasteiger partial charge in [0.15, 0.2) is 18.1 Å². The Kier molecular flexibility index (Phi) is 7.57. The lowest BCUT2D eigenvalue weighted by atomic mass is 10.2. The Morgan fingerprint density at radius 3 is 2.30 bits per heavy atom. The van der Waals surface area contributed by atoms with Crippen molar-refractivity contribution < 1.29 is 23.7 Å². The summed E-state index contributed by atoms with van der Waals surface area (Å²) >= 11 is 11.8. The fourth-order valence-corrected chi connectivity index (χ4v) is 2.56. The van der Waals surface area contributed by atoms with Crippen molar-refractivity contribution in [3.8, 4) is 23.0 Å². The molecule has 0 aliphatic carbocycles. The number of carbonyl (C=O) groups is 1. The third kappa shape index (κ3) is 5.67. The van der Waals surface area contributed by atoms with E-state index in [1.165, 1.54) is 33.6 Å². The Hall–Kier alpha value is -2.64. The van der Waals surface area contributed by atoms with Gasteiger partial charge in [-0.1, -0.05) is 23.2 Å². The molecule has 144 valence electrons. The first kappa shape index (κ1) is 20.7. The molecule has 0 spiro atoms. The Bertz CT molecular complexity index is 843. The predicted molar refractivity (Wildman–Crippen MR) is 104 cm³/mol. The Morgan fingerprint density at radius 1 is 1.00 bits per heavy atom. The van der Waals surface area contributed by atoms with Gasteiger partial charge >= 0.3 is 0 Å². The smallest absolute Gasteiger partial charge is 0.277 e. The summed E-state index contributed by atoms with van der Waals surface area (Å²) in [6.07, 6.45) is 1.42. The number of hydrogen-bond acceptors (Lipinski definition) is 6. The number of halogens is 2. The molecule has 2 rings (SSSR count). The lowest BCUT2D eigenvalue weighted by Crippen LogP contribution is -2.24. The molecule has 9 heteroatoms. The number of hydrazone groups is 1. The lowest BCUT2D eigenvalue weighted by Gasteiger charge is -2.11. The molecule has 0 aliphatic rings. The lowest BCUT2D eigenvalue weighted by molar-refractivity contribution is -0.123. The van der Waals surface area contributed by atoms with Crippen LogP contribution in [0.25, 0.3) is 0 Å². The van der Waals surface area contributed by atoms with Crippen LogP contribution in [0.1, 0.15) is 5.56 Å². The normalized spacial score (nSPS) is 10.6. The number of methoxy groups -OCH3 is 3. The second-order valence-corrected chi connectivity index (χ2v) is 5.95. The van der Waals surface area contributed by atoms with Crippen LogP contribution in [-0.2, 0) is 4.79 Å². The molecule has 1 amide bonds. The van der Waals surface area contributed by atoms with Crippen molar-refractivity contribution in [2.75, 3.05) is 27.9 Å². The fraction of sp³-hybridized carbons (Fsp3) is 0.222. The molecule has 2 aromatic rings. The van der Waals surface area contributed by atoms with E-state index in [0.717, 1.165) is 0 Å². The Labute approximate surface area is 166 Å². The number of ether oxygens (including phenoxy) is 4. The van der Waals surface area contributed by atoms with Crippen LogP contribution < -0.4 is 24.4 Å². The van der Waals surface area contributed by atoms with Gasteiger partial charge in [0.2, 0.25) is 0 Å². The van der Waals surface area contributed by atoms with Crippen LogP contribution in [0.5, 0.6) is 23.0 Å². The van der Waals surface area contributed by atoms with E-state index in [2.05, 4.69) is 10.5 Å². The topological polar surface area (TPSA) is 78.4 Å². The first-order valence-corrected chi connectivity index (χ1v) is 8.43. The summed E-state index contributed by atoms with van der Waals surface area (Å²) in [7, 11) is 4.56. The van der Waals surface area contributed by atoms with Crippen LogP contribution >= 0.6 is 23.2 Å². The number of benzene rings is 2. The Balaban J connectivity index is 1.99. The van der Waals surface area contributed by atoms with Gasteiger partial charge in [0, 0.05) is 16.7 Å². The maximum absolute atomic E-state index is 11.9. The number of amides is 1. The molecule has 0 saturated carbocycles.